The Morgan fingerprint density at radius 1 is 1.15 bits per heavy atom. The smallest absolute Gasteiger partial charge is 0.241 e. The molecule has 144 valence electrons. The van der Waals surface area contributed by atoms with Crippen LogP contribution in [0.3, 0.4) is 0 Å². The number of nitrogens with two attached hydrogens (primary N) is 1. The fourth-order valence-corrected chi connectivity index (χ4v) is 3.62. The van der Waals surface area contributed by atoms with Gasteiger partial charge in [-0.3, -0.25) is 9.69 Å². The lowest BCUT2D eigenvalue weighted by molar-refractivity contribution is -0.120. The molecule has 2 aliphatic rings. The molecule has 3 atom stereocenters. The molecule has 2 aromatic carbocycles. The van der Waals surface area contributed by atoms with Crippen molar-refractivity contribution in [2.45, 2.75) is 24.9 Å². The predicted molar refractivity (Wildman–Crippen MR) is 107 cm³/mol. The number of likely N-dealkylation sites (tertiary alicyclic amines) is 1. The molecule has 0 aliphatic carbocycles. The number of amides is 1. The first-order valence-corrected chi connectivity index (χ1v) is 8.87. The second-order valence-electron chi connectivity index (χ2n) is 6.87. The predicted octanol–water partition coefficient (Wildman–Crippen LogP) is 2.59. The highest BCUT2D eigenvalue weighted by Crippen LogP contribution is 2.34. The molecule has 2 heterocycles. The molecule has 1 unspecified atom stereocenters. The number of carbonyl (C=O) groups is 1. The van der Waals surface area contributed by atoms with E-state index in [1.807, 2.05) is 31.2 Å². The van der Waals surface area contributed by atoms with Gasteiger partial charge in [0.1, 0.15) is 0 Å². The highest BCUT2D eigenvalue weighted by atomic mass is 35.5. The van der Waals surface area contributed by atoms with Crippen molar-refractivity contribution < 1.29 is 14.3 Å². The van der Waals surface area contributed by atoms with Gasteiger partial charge < -0.3 is 20.5 Å². The lowest BCUT2D eigenvalue weighted by atomic mass is 9.95. The van der Waals surface area contributed by atoms with Crippen LogP contribution in [0.5, 0.6) is 11.5 Å². The maximum atomic E-state index is 12.7. The van der Waals surface area contributed by atoms with Crippen LogP contribution < -0.4 is 20.5 Å². The molecule has 2 aromatic rings. The van der Waals surface area contributed by atoms with Crippen LogP contribution in [0.1, 0.15) is 18.4 Å². The van der Waals surface area contributed by atoms with E-state index in [1.165, 1.54) is 5.56 Å². The molecule has 0 bridgehead atoms. The van der Waals surface area contributed by atoms with Gasteiger partial charge in [-0.15, -0.1) is 12.4 Å². The van der Waals surface area contributed by atoms with E-state index in [0.717, 1.165) is 6.54 Å². The normalized spacial score (nSPS) is 22.1. The highest BCUT2D eigenvalue weighted by Gasteiger charge is 2.35. The van der Waals surface area contributed by atoms with Crippen LogP contribution in [0, 0.1) is 0 Å². The van der Waals surface area contributed by atoms with Crippen LogP contribution in [0.25, 0.3) is 0 Å². The number of nitrogens with zero attached hydrogens (tertiary/aromatic N) is 1. The average molecular weight is 390 g/mol. The molecule has 1 fully saturated rings. The molecule has 6 nitrogen and oxygen atoms in total. The summed E-state index contributed by atoms with van der Waals surface area (Å²) < 4.78 is 10.7. The zero-order valence-electron chi connectivity index (χ0n) is 15.1. The summed E-state index contributed by atoms with van der Waals surface area (Å²) in [5, 5.41) is 2.96. The maximum absolute atomic E-state index is 12.7. The molecule has 0 saturated carbocycles. The summed E-state index contributed by atoms with van der Waals surface area (Å²) in [5.41, 5.74) is 8.28. The number of anilines is 1. The summed E-state index contributed by atoms with van der Waals surface area (Å²) in [6.07, 6.45) is 0. The first kappa shape index (κ1) is 19.5. The van der Waals surface area contributed by atoms with Crippen LogP contribution in [0.15, 0.2) is 48.5 Å². The van der Waals surface area contributed by atoms with Crippen molar-refractivity contribution in [1.29, 1.82) is 0 Å². The molecule has 7 heteroatoms. The number of rotatable bonds is 4. The number of carbonyl (C=O) groups excluding carboxylic acids is 1. The largest absolute Gasteiger partial charge is 0.454 e. The van der Waals surface area contributed by atoms with Crippen LogP contribution in [-0.2, 0) is 4.79 Å². The van der Waals surface area contributed by atoms with Crippen molar-refractivity contribution in [3.05, 3.63) is 54.1 Å². The molecule has 2 aliphatic heterocycles. The lowest BCUT2D eigenvalue weighted by Gasteiger charge is -2.23. The van der Waals surface area contributed by atoms with Crippen molar-refractivity contribution in [3.63, 3.8) is 0 Å². The van der Waals surface area contributed by atoms with E-state index in [2.05, 4.69) is 22.3 Å². The second kappa shape index (κ2) is 8.17. The molecule has 3 N–H and O–H groups in total. The Morgan fingerprint density at radius 3 is 2.67 bits per heavy atom. The average Bonchev–Trinajstić information content (AvgIpc) is 3.27. The maximum Gasteiger partial charge on any atom is 0.241 e. The Hall–Kier alpha value is -2.28. The van der Waals surface area contributed by atoms with Crippen molar-refractivity contribution in [2.24, 2.45) is 5.73 Å². The zero-order chi connectivity index (χ0) is 18.1. The lowest BCUT2D eigenvalue weighted by Crippen LogP contribution is -2.41. The van der Waals surface area contributed by atoms with Crippen molar-refractivity contribution in [3.8, 4) is 11.5 Å². The van der Waals surface area contributed by atoms with E-state index >= 15 is 0 Å². The van der Waals surface area contributed by atoms with E-state index in [1.54, 1.807) is 12.1 Å². The van der Waals surface area contributed by atoms with Gasteiger partial charge in [0.05, 0.1) is 6.04 Å². The molecular weight excluding hydrogens is 366 g/mol. The number of benzene rings is 2. The highest BCUT2D eigenvalue weighted by molar-refractivity contribution is 5.94. The SMILES string of the molecule is CC(C(=O)Nc1ccc2c(c1)OCO2)N1C[C@@H](N)[C@H](c2ccccc2)C1.Cl. The van der Waals surface area contributed by atoms with Gasteiger partial charge in [-0.1, -0.05) is 30.3 Å². The van der Waals surface area contributed by atoms with Gasteiger partial charge in [0, 0.05) is 36.8 Å². The van der Waals surface area contributed by atoms with E-state index in [0.29, 0.717) is 23.7 Å². The Bertz CT molecular complexity index is 802. The van der Waals surface area contributed by atoms with Crippen molar-refractivity contribution in [1.82, 2.24) is 4.90 Å². The van der Waals surface area contributed by atoms with Gasteiger partial charge in [-0.05, 0) is 24.6 Å². The quantitative estimate of drug-likeness (QED) is 0.840. The number of ether oxygens (including phenoxy) is 2. The van der Waals surface area contributed by atoms with Gasteiger partial charge in [-0.25, -0.2) is 0 Å². The van der Waals surface area contributed by atoms with Crippen LogP contribution >= 0.6 is 12.4 Å². The minimum atomic E-state index is -0.264. The van der Waals surface area contributed by atoms with Gasteiger partial charge in [0.25, 0.3) is 0 Å². The Morgan fingerprint density at radius 2 is 1.89 bits per heavy atom. The first-order valence-electron chi connectivity index (χ1n) is 8.87. The van der Waals surface area contributed by atoms with E-state index < -0.39 is 0 Å². The minimum absolute atomic E-state index is 0. The molecule has 0 aromatic heterocycles. The van der Waals surface area contributed by atoms with Crippen LogP contribution in [-0.4, -0.2) is 42.8 Å². The summed E-state index contributed by atoms with van der Waals surface area (Å²) in [7, 11) is 0. The summed E-state index contributed by atoms with van der Waals surface area (Å²) in [6.45, 7) is 3.62. The third-order valence-electron chi connectivity index (χ3n) is 5.19. The molecular formula is C20H24ClN3O3. The monoisotopic (exact) mass is 389 g/mol. The Balaban J connectivity index is 0.00000210. The minimum Gasteiger partial charge on any atom is -0.454 e. The number of hydrogen-bond acceptors (Lipinski definition) is 5. The number of nitrogens with one attached hydrogen (secondary N) is 1. The van der Waals surface area contributed by atoms with Gasteiger partial charge in [-0.2, -0.15) is 0 Å². The fraction of sp³-hybridized carbons (Fsp3) is 0.350. The van der Waals surface area contributed by atoms with E-state index in [-0.39, 0.29) is 43.1 Å². The topological polar surface area (TPSA) is 76.8 Å². The molecule has 1 saturated heterocycles. The first-order chi connectivity index (χ1) is 12.6. The standard InChI is InChI=1S/C20H23N3O3.ClH/c1-13(20(24)22-15-7-8-18-19(9-15)26-12-25-18)23-10-16(17(21)11-23)14-5-3-2-4-6-14;/h2-9,13,16-17H,10-12,21H2,1H3,(H,22,24);1H/t13?,16-,17+;/m0./s1. The van der Waals surface area contributed by atoms with Gasteiger partial charge >= 0.3 is 0 Å². The summed E-state index contributed by atoms with van der Waals surface area (Å²) in [5.74, 6) is 1.55. The number of halogens is 1. The summed E-state index contributed by atoms with van der Waals surface area (Å²) in [4.78, 5) is 14.8. The Labute approximate surface area is 165 Å². The third-order valence-corrected chi connectivity index (χ3v) is 5.19. The van der Waals surface area contributed by atoms with E-state index in [4.69, 9.17) is 15.2 Å². The summed E-state index contributed by atoms with van der Waals surface area (Å²) in [6, 6.07) is 15.4. The number of fused-ring (bicyclic) bond motifs is 1. The zero-order valence-corrected chi connectivity index (χ0v) is 15.9. The van der Waals surface area contributed by atoms with Gasteiger partial charge in [0.15, 0.2) is 11.5 Å². The van der Waals surface area contributed by atoms with Crippen LogP contribution in [0.4, 0.5) is 5.69 Å². The molecule has 0 spiro atoms. The van der Waals surface area contributed by atoms with Crippen molar-refractivity contribution in [2.75, 3.05) is 25.2 Å². The number of hydrogen-bond donors (Lipinski definition) is 2. The van der Waals surface area contributed by atoms with Crippen molar-refractivity contribution >= 4 is 24.0 Å². The molecule has 0 radical (unpaired) electrons. The molecule has 27 heavy (non-hydrogen) atoms. The third kappa shape index (κ3) is 4.03. The summed E-state index contributed by atoms with van der Waals surface area (Å²) >= 11 is 0. The second-order valence-corrected chi connectivity index (χ2v) is 6.87. The van der Waals surface area contributed by atoms with Gasteiger partial charge in [0.2, 0.25) is 12.7 Å². The molecule has 1 amide bonds. The van der Waals surface area contributed by atoms with E-state index in [9.17, 15) is 4.79 Å². The fourth-order valence-electron chi connectivity index (χ4n) is 3.62. The Kier molecular flexibility index (Phi) is 5.89. The van der Waals surface area contributed by atoms with Crippen LogP contribution in [0.2, 0.25) is 0 Å². The molecule has 4 rings (SSSR count).